The molecule has 0 bridgehead atoms. The van der Waals surface area contributed by atoms with Gasteiger partial charge in [-0.1, -0.05) is 41.4 Å². The minimum Gasteiger partial charge on any atom is -0.285 e. The maximum Gasteiger partial charge on any atom is 0.350 e. The van der Waals surface area contributed by atoms with Gasteiger partial charge in [0.1, 0.15) is 5.82 Å². The molecule has 0 unspecified atom stereocenters. The smallest absolute Gasteiger partial charge is 0.285 e. The molecule has 0 aliphatic carbocycles. The van der Waals surface area contributed by atoms with E-state index in [2.05, 4.69) is 21.0 Å². The summed E-state index contributed by atoms with van der Waals surface area (Å²) in [5.74, 6) is 2.45. The zero-order valence-electron chi connectivity index (χ0n) is 11.0. The zero-order chi connectivity index (χ0) is 15.7. The number of thioether (sulfide) groups is 1. The van der Waals surface area contributed by atoms with Crippen molar-refractivity contribution in [2.75, 3.05) is 5.75 Å². The van der Waals surface area contributed by atoms with E-state index in [4.69, 9.17) is 18.0 Å². The molecule has 3 rings (SSSR count). The number of nitrogens with one attached hydrogen (secondary N) is 1. The molecule has 0 amide bonds. The van der Waals surface area contributed by atoms with Gasteiger partial charge in [-0.15, -0.1) is 11.5 Å². The molecule has 110 valence electrons. The van der Waals surface area contributed by atoms with E-state index in [1.807, 2.05) is 0 Å². The van der Waals surface area contributed by atoms with E-state index >= 15 is 0 Å². The average Bonchev–Trinajstić information content (AvgIpc) is 2.83. The van der Waals surface area contributed by atoms with Crippen LogP contribution >= 0.6 is 23.4 Å². The molecule has 0 fully saturated rings. The summed E-state index contributed by atoms with van der Waals surface area (Å²) in [4.78, 5) is 18.9. The molecule has 3 aromatic rings. The van der Waals surface area contributed by atoms with Gasteiger partial charge < -0.3 is 0 Å². The highest BCUT2D eigenvalue weighted by molar-refractivity contribution is 7.99. The summed E-state index contributed by atoms with van der Waals surface area (Å²) in [6.45, 7) is 0. The van der Waals surface area contributed by atoms with Crippen molar-refractivity contribution in [1.29, 1.82) is 0 Å². The van der Waals surface area contributed by atoms with E-state index < -0.39 is 5.69 Å². The van der Waals surface area contributed by atoms with Crippen LogP contribution in [-0.2, 0) is 0 Å². The Bertz CT molecular complexity index is 942. The van der Waals surface area contributed by atoms with Crippen molar-refractivity contribution in [3.8, 4) is 23.5 Å². The van der Waals surface area contributed by atoms with Crippen molar-refractivity contribution in [2.45, 2.75) is 5.16 Å². The molecule has 2 heterocycles. The van der Waals surface area contributed by atoms with Gasteiger partial charge in [0.15, 0.2) is 16.0 Å². The first kappa shape index (κ1) is 14.6. The van der Waals surface area contributed by atoms with Gasteiger partial charge in [-0.25, -0.2) is 14.2 Å². The quantitative estimate of drug-likeness (QED) is 0.591. The van der Waals surface area contributed by atoms with Crippen molar-refractivity contribution in [1.82, 2.24) is 19.6 Å². The molecule has 0 saturated carbocycles. The normalized spacial score (nSPS) is 10.8. The third kappa shape index (κ3) is 2.58. The van der Waals surface area contributed by atoms with Gasteiger partial charge in [-0.2, -0.15) is 4.52 Å². The van der Waals surface area contributed by atoms with Gasteiger partial charge in [-0.3, -0.25) is 4.98 Å². The van der Waals surface area contributed by atoms with Crippen LogP contribution < -0.4 is 5.69 Å². The first-order valence-electron chi connectivity index (χ1n) is 6.11. The standard InChI is InChI=1S/C14H8ClFN4OS/c1-2-7-22-13-17-12-10(8-3-5-9(16)6-4-8)11(15)19-20(12)14(21)18-13/h1,3-6H,7H2,(H,17,18,21). The fourth-order valence-corrected chi connectivity index (χ4v) is 2.74. The number of H-pyrrole nitrogens is 1. The molecule has 1 N–H and O–H groups in total. The molecule has 22 heavy (non-hydrogen) atoms. The van der Waals surface area contributed by atoms with E-state index in [0.717, 1.165) is 4.52 Å². The van der Waals surface area contributed by atoms with Crippen LogP contribution in [0.25, 0.3) is 16.8 Å². The van der Waals surface area contributed by atoms with Crippen LogP contribution in [0.4, 0.5) is 4.39 Å². The monoisotopic (exact) mass is 334 g/mol. The SMILES string of the molecule is C#CCSc1nc2c(-c3ccc(F)cc3)c(Cl)nn2c(=O)[nH]1. The number of hydrogen-bond acceptors (Lipinski definition) is 4. The second-order valence-corrected chi connectivity index (χ2v) is 5.57. The minimum atomic E-state index is -0.472. The molecule has 0 aliphatic rings. The molecule has 0 aliphatic heterocycles. The Morgan fingerprint density at radius 2 is 2.14 bits per heavy atom. The third-order valence-corrected chi connectivity index (χ3v) is 3.90. The van der Waals surface area contributed by atoms with Gasteiger partial charge in [0, 0.05) is 0 Å². The fraction of sp³-hybridized carbons (Fsp3) is 0.0714. The number of terminal acetylenes is 1. The predicted molar refractivity (Wildman–Crippen MR) is 83.6 cm³/mol. The highest BCUT2D eigenvalue weighted by Crippen LogP contribution is 2.30. The molecule has 5 nitrogen and oxygen atoms in total. The van der Waals surface area contributed by atoms with Crippen LogP contribution in [0.5, 0.6) is 0 Å². The zero-order valence-corrected chi connectivity index (χ0v) is 12.6. The topological polar surface area (TPSA) is 63.1 Å². The van der Waals surface area contributed by atoms with Crippen LogP contribution in [0.2, 0.25) is 5.15 Å². The summed E-state index contributed by atoms with van der Waals surface area (Å²) >= 11 is 7.33. The van der Waals surface area contributed by atoms with Crippen LogP contribution in [0.3, 0.4) is 0 Å². The Labute approximate surface area is 133 Å². The van der Waals surface area contributed by atoms with E-state index in [1.54, 1.807) is 12.1 Å². The highest BCUT2D eigenvalue weighted by atomic mass is 35.5. The molecule has 0 saturated heterocycles. The van der Waals surface area contributed by atoms with E-state index in [9.17, 15) is 9.18 Å². The van der Waals surface area contributed by atoms with Crippen molar-refractivity contribution in [3.63, 3.8) is 0 Å². The van der Waals surface area contributed by atoms with E-state index in [-0.39, 0.29) is 11.0 Å². The summed E-state index contributed by atoms with van der Waals surface area (Å²) in [6, 6.07) is 5.71. The number of halogens is 2. The Hall–Kier alpha value is -2.30. The molecule has 1 aromatic carbocycles. The highest BCUT2D eigenvalue weighted by Gasteiger charge is 2.17. The second-order valence-electron chi connectivity index (χ2n) is 4.25. The van der Waals surface area contributed by atoms with Crippen LogP contribution in [0.1, 0.15) is 0 Å². The van der Waals surface area contributed by atoms with Crippen molar-refractivity contribution < 1.29 is 4.39 Å². The third-order valence-electron chi connectivity index (χ3n) is 2.86. The molecule has 0 spiro atoms. The van der Waals surface area contributed by atoms with Gasteiger partial charge in [-0.05, 0) is 17.7 Å². The summed E-state index contributed by atoms with van der Waals surface area (Å²) in [6.07, 6.45) is 5.20. The largest absolute Gasteiger partial charge is 0.350 e. The Morgan fingerprint density at radius 3 is 2.82 bits per heavy atom. The van der Waals surface area contributed by atoms with Crippen LogP contribution in [0, 0.1) is 18.2 Å². The summed E-state index contributed by atoms with van der Waals surface area (Å²) in [5.41, 5.74) is 0.905. The molecule has 0 atom stereocenters. The summed E-state index contributed by atoms with van der Waals surface area (Å²) in [7, 11) is 0. The molecule has 8 heteroatoms. The number of rotatable bonds is 3. The lowest BCUT2D eigenvalue weighted by atomic mass is 10.1. The number of aromatic nitrogens is 4. The number of fused-ring (bicyclic) bond motifs is 1. The van der Waals surface area contributed by atoms with Gasteiger partial charge in [0.25, 0.3) is 0 Å². The van der Waals surface area contributed by atoms with Crippen molar-refractivity contribution >= 4 is 29.0 Å². The number of hydrogen-bond donors (Lipinski definition) is 1. The average molecular weight is 335 g/mol. The first-order chi connectivity index (χ1) is 10.6. The lowest BCUT2D eigenvalue weighted by molar-refractivity contribution is 0.628. The van der Waals surface area contributed by atoms with Crippen molar-refractivity contribution in [2.24, 2.45) is 0 Å². The maximum absolute atomic E-state index is 13.1. The number of aromatic amines is 1. The van der Waals surface area contributed by atoms with E-state index in [0.29, 0.717) is 27.7 Å². The second kappa shape index (κ2) is 5.83. The maximum atomic E-state index is 13.1. The van der Waals surface area contributed by atoms with Crippen LogP contribution in [-0.4, -0.2) is 25.3 Å². The summed E-state index contributed by atoms with van der Waals surface area (Å²) in [5, 5.41) is 4.45. The lowest BCUT2D eigenvalue weighted by Gasteiger charge is -2.01. The lowest BCUT2D eigenvalue weighted by Crippen LogP contribution is -2.19. The number of nitrogens with zero attached hydrogens (tertiary/aromatic N) is 3. The predicted octanol–water partition coefficient (Wildman–Crippen LogP) is 2.60. The van der Waals surface area contributed by atoms with Gasteiger partial charge >= 0.3 is 5.69 Å². The molecular formula is C14H8ClFN4OS. The molecule has 0 radical (unpaired) electrons. The Balaban J connectivity index is 2.23. The summed E-state index contributed by atoms with van der Waals surface area (Å²) < 4.78 is 14.1. The first-order valence-corrected chi connectivity index (χ1v) is 7.47. The van der Waals surface area contributed by atoms with Crippen molar-refractivity contribution in [3.05, 3.63) is 45.7 Å². The van der Waals surface area contributed by atoms with Crippen LogP contribution in [0.15, 0.2) is 34.2 Å². The van der Waals surface area contributed by atoms with Gasteiger partial charge in [0.2, 0.25) is 0 Å². The fourth-order valence-electron chi connectivity index (χ4n) is 1.94. The van der Waals surface area contributed by atoms with E-state index in [1.165, 1.54) is 23.9 Å². The van der Waals surface area contributed by atoms with Gasteiger partial charge in [0.05, 0.1) is 11.3 Å². The Morgan fingerprint density at radius 1 is 1.41 bits per heavy atom. The number of benzene rings is 1. The minimum absolute atomic E-state index is 0.115. The molecular weight excluding hydrogens is 327 g/mol. The Kier molecular flexibility index (Phi) is 3.88. The molecule has 2 aromatic heterocycles.